The minimum atomic E-state index is 1.36. The molecule has 0 saturated carbocycles. The Labute approximate surface area is 110 Å². The van der Waals surface area contributed by atoms with Gasteiger partial charge in [0.05, 0.1) is 0 Å². The molecule has 0 aliphatic rings. The number of fused-ring (bicyclic) bond motifs is 5. The van der Waals surface area contributed by atoms with E-state index in [1.807, 2.05) is 11.3 Å². The van der Waals surface area contributed by atoms with Gasteiger partial charge in [-0.25, -0.2) is 0 Å². The zero-order chi connectivity index (χ0) is 12.1. The Morgan fingerprint density at radius 3 is 2.22 bits per heavy atom. The third-order valence-corrected chi connectivity index (χ3v) is 4.81. The highest BCUT2D eigenvalue weighted by atomic mass is 32.1. The molecule has 0 unspecified atom stereocenters. The maximum Gasteiger partial charge on any atom is 0.140 e. The molecule has 18 heavy (non-hydrogen) atoms. The first-order valence-electron chi connectivity index (χ1n) is 6.14. The summed E-state index contributed by atoms with van der Waals surface area (Å²) in [7, 11) is 2.20. The van der Waals surface area contributed by atoms with Gasteiger partial charge in [-0.05, 0) is 16.8 Å². The standard InChI is InChI=1S/C16H11BS/c17-14-9-13-11-6-3-4-8-15(11)18-16(13)12-7-2-1-5-10(12)14/h1-9H,17H2. The summed E-state index contributed by atoms with van der Waals surface area (Å²) in [4.78, 5) is 0. The van der Waals surface area contributed by atoms with Gasteiger partial charge >= 0.3 is 0 Å². The predicted octanol–water partition coefficient (Wildman–Crippen LogP) is 3.47. The molecule has 0 saturated heterocycles. The van der Waals surface area contributed by atoms with E-state index in [1.165, 1.54) is 36.4 Å². The molecular weight excluding hydrogens is 235 g/mol. The fraction of sp³-hybridized carbons (Fsp3) is 0. The first-order chi connectivity index (χ1) is 8.84. The first kappa shape index (κ1) is 10.2. The molecule has 0 nitrogen and oxygen atoms in total. The lowest BCUT2D eigenvalue weighted by Crippen LogP contribution is -2.02. The molecule has 0 aliphatic heterocycles. The van der Waals surface area contributed by atoms with Gasteiger partial charge in [-0.3, -0.25) is 0 Å². The predicted molar refractivity (Wildman–Crippen MR) is 85.0 cm³/mol. The highest BCUT2D eigenvalue weighted by molar-refractivity contribution is 7.26. The molecule has 4 aromatic rings. The SMILES string of the molecule is Bc1cc2c3ccccc3sc2c2ccccc12. The van der Waals surface area contributed by atoms with E-state index in [-0.39, 0.29) is 0 Å². The van der Waals surface area contributed by atoms with Gasteiger partial charge in [-0.1, -0.05) is 54.0 Å². The highest BCUT2D eigenvalue weighted by Crippen LogP contribution is 2.37. The second-order valence-electron chi connectivity index (χ2n) is 4.71. The Bertz CT molecular complexity index is 889. The van der Waals surface area contributed by atoms with Crippen molar-refractivity contribution in [3.63, 3.8) is 0 Å². The van der Waals surface area contributed by atoms with Gasteiger partial charge < -0.3 is 0 Å². The monoisotopic (exact) mass is 246 g/mol. The number of thiophene rings is 1. The van der Waals surface area contributed by atoms with E-state index in [0.717, 1.165) is 0 Å². The van der Waals surface area contributed by atoms with Gasteiger partial charge in [0.25, 0.3) is 0 Å². The second-order valence-corrected chi connectivity index (χ2v) is 5.77. The fourth-order valence-electron chi connectivity index (χ4n) is 2.73. The fourth-order valence-corrected chi connectivity index (χ4v) is 3.95. The van der Waals surface area contributed by atoms with E-state index in [4.69, 9.17) is 0 Å². The molecule has 0 fully saturated rings. The van der Waals surface area contributed by atoms with Crippen LogP contribution in [0.3, 0.4) is 0 Å². The molecule has 1 heterocycles. The smallest absolute Gasteiger partial charge is 0.135 e. The molecule has 0 aliphatic carbocycles. The largest absolute Gasteiger partial charge is 0.140 e. The van der Waals surface area contributed by atoms with Gasteiger partial charge in [0.15, 0.2) is 0 Å². The highest BCUT2D eigenvalue weighted by Gasteiger charge is 2.09. The summed E-state index contributed by atoms with van der Waals surface area (Å²) in [5.74, 6) is 0. The lowest BCUT2D eigenvalue weighted by Gasteiger charge is -2.03. The van der Waals surface area contributed by atoms with Gasteiger partial charge in [-0.15, -0.1) is 11.3 Å². The van der Waals surface area contributed by atoms with Crippen LogP contribution >= 0.6 is 11.3 Å². The van der Waals surface area contributed by atoms with Crippen molar-refractivity contribution >= 4 is 55.6 Å². The van der Waals surface area contributed by atoms with E-state index in [9.17, 15) is 0 Å². The van der Waals surface area contributed by atoms with Crippen LogP contribution in [-0.4, -0.2) is 7.85 Å². The molecule has 84 valence electrons. The van der Waals surface area contributed by atoms with E-state index in [0.29, 0.717) is 0 Å². The van der Waals surface area contributed by atoms with Crippen LogP contribution in [0.4, 0.5) is 0 Å². The zero-order valence-electron chi connectivity index (χ0n) is 10.1. The zero-order valence-corrected chi connectivity index (χ0v) is 10.9. The van der Waals surface area contributed by atoms with Crippen LogP contribution in [0.25, 0.3) is 30.9 Å². The van der Waals surface area contributed by atoms with E-state index >= 15 is 0 Å². The Kier molecular flexibility index (Phi) is 2.03. The van der Waals surface area contributed by atoms with Crippen LogP contribution in [0.1, 0.15) is 0 Å². The molecule has 0 radical (unpaired) electrons. The van der Waals surface area contributed by atoms with Crippen LogP contribution in [0.5, 0.6) is 0 Å². The minimum absolute atomic E-state index is 1.36. The lowest BCUT2D eigenvalue weighted by molar-refractivity contribution is 1.84. The third-order valence-electron chi connectivity index (χ3n) is 3.59. The molecule has 0 atom stereocenters. The molecule has 0 N–H and O–H groups in total. The van der Waals surface area contributed by atoms with E-state index < -0.39 is 0 Å². The summed E-state index contributed by atoms with van der Waals surface area (Å²) in [6.45, 7) is 0. The van der Waals surface area contributed by atoms with Crippen molar-refractivity contribution in [1.29, 1.82) is 0 Å². The summed E-state index contributed by atoms with van der Waals surface area (Å²) >= 11 is 1.90. The van der Waals surface area contributed by atoms with Crippen molar-refractivity contribution in [2.75, 3.05) is 0 Å². The maximum atomic E-state index is 2.33. The summed E-state index contributed by atoms with van der Waals surface area (Å²) in [5.41, 5.74) is 1.36. The Morgan fingerprint density at radius 1 is 0.722 bits per heavy atom. The normalized spacial score (nSPS) is 11.6. The quantitative estimate of drug-likeness (QED) is 0.417. The molecule has 4 rings (SSSR count). The van der Waals surface area contributed by atoms with Crippen LogP contribution in [-0.2, 0) is 0 Å². The van der Waals surface area contributed by atoms with Crippen LogP contribution in [0.2, 0.25) is 0 Å². The van der Waals surface area contributed by atoms with Gasteiger partial charge in [0.1, 0.15) is 7.85 Å². The van der Waals surface area contributed by atoms with Gasteiger partial charge in [-0.2, -0.15) is 0 Å². The number of hydrogen-bond acceptors (Lipinski definition) is 1. The number of hydrogen-bond donors (Lipinski definition) is 0. The second kappa shape index (κ2) is 3.60. The average Bonchev–Trinajstić information content (AvgIpc) is 2.78. The van der Waals surface area contributed by atoms with E-state index in [1.54, 1.807) is 0 Å². The summed E-state index contributed by atoms with van der Waals surface area (Å²) in [6.07, 6.45) is 0. The van der Waals surface area contributed by atoms with Gasteiger partial charge in [0, 0.05) is 20.2 Å². The summed E-state index contributed by atoms with van der Waals surface area (Å²) < 4.78 is 2.79. The molecular formula is C16H11BS. The van der Waals surface area contributed by atoms with Crippen LogP contribution in [0, 0.1) is 0 Å². The van der Waals surface area contributed by atoms with Crippen LogP contribution < -0.4 is 5.46 Å². The molecule has 0 spiro atoms. The van der Waals surface area contributed by atoms with Crippen molar-refractivity contribution in [1.82, 2.24) is 0 Å². The molecule has 1 aromatic heterocycles. The topological polar surface area (TPSA) is 0 Å². The van der Waals surface area contributed by atoms with E-state index in [2.05, 4.69) is 62.4 Å². The Balaban J connectivity index is 2.36. The third kappa shape index (κ3) is 1.27. The molecule has 2 heteroatoms. The van der Waals surface area contributed by atoms with Crippen molar-refractivity contribution < 1.29 is 0 Å². The summed E-state index contributed by atoms with van der Waals surface area (Å²) in [5, 5.41) is 5.53. The van der Waals surface area contributed by atoms with Crippen molar-refractivity contribution in [3.05, 3.63) is 54.6 Å². The summed E-state index contributed by atoms with van der Waals surface area (Å²) in [6, 6.07) is 19.7. The van der Waals surface area contributed by atoms with Crippen LogP contribution in [0.15, 0.2) is 54.6 Å². The van der Waals surface area contributed by atoms with Crippen molar-refractivity contribution in [2.45, 2.75) is 0 Å². The number of rotatable bonds is 0. The Morgan fingerprint density at radius 2 is 1.39 bits per heavy atom. The number of benzene rings is 3. The van der Waals surface area contributed by atoms with Gasteiger partial charge in [0.2, 0.25) is 0 Å². The minimum Gasteiger partial charge on any atom is -0.135 e. The average molecular weight is 246 g/mol. The molecule has 3 aromatic carbocycles. The molecule has 0 bridgehead atoms. The molecule has 0 amide bonds. The lowest BCUT2D eigenvalue weighted by atomic mass is 9.88. The maximum absolute atomic E-state index is 2.33. The first-order valence-corrected chi connectivity index (χ1v) is 6.96. The van der Waals surface area contributed by atoms with Crippen molar-refractivity contribution in [3.8, 4) is 0 Å². The Hall–Kier alpha value is -1.80. The van der Waals surface area contributed by atoms with Crippen molar-refractivity contribution in [2.24, 2.45) is 0 Å².